The number of hydrogen-bond acceptors (Lipinski definition) is 4. The van der Waals surface area contributed by atoms with E-state index in [9.17, 15) is 0 Å². The summed E-state index contributed by atoms with van der Waals surface area (Å²) >= 11 is 1.65. The topological polar surface area (TPSA) is 70.2 Å². The van der Waals surface area contributed by atoms with Crippen LogP contribution in [0.5, 0.6) is 0 Å². The molecule has 0 aliphatic heterocycles. The lowest BCUT2D eigenvalue weighted by Crippen LogP contribution is -1.94. The second-order valence-electron chi connectivity index (χ2n) is 5.49. The van der Waals surface area contributed by atoms with E-state index in [1.807, 2.05) is 24.3 Å². The standard InChI is InChI=1S/C15H17N5S/c1-2-6-10(5-1)14-18-15(20-19-14)21-9-13-16-11-7-3-4-8-12(11)17-13/h3-4,7-8,10H,1-2,5-6,9H2,(H,16,17)(H,18,19,20). The van der Waals surface area contributed by atoms with Crippen molar-refractivity contribution in [3.8, 4) is 0 Å². The van der Waals surface area contributed by atoms with Crippen LogP contribution in [0.15, 0.2) is 29.4 Å². The number of nitrogens with one attached hydrogen (secondary N) is 2. The van der Waals surface area contributed by atoms with E-state index in [0.29, 0.717) is 5.92 Å². The number of aromatic amines is 2. The largest absolute Gasteiger partial charge is 0.341 e. The second-order valence-corrected chi connectivity index (χ2v) is 6.45. The molecular formula is C15H17N5S. The molecule has 1 aliphatic rings. The van der Waals surface area contributed by atoms with Gasteiger partial charge in [-0.3, -0.25) is 0 Å². The molecule has 0 bridgehead atoms. The first-order chi connectivity index (χ1) is 10.4. The lowest BCUT2D eigenvalue weighted by molar-refractivity contribution is 0.671. The number of H-pyrrole nitrogens is 2. The Morgan fingerprint density at radius 2 is 1.95 bits per heavy atom. The van der Waals surface area contributed by atoms with Crippen LogP contribution in [0.3, 0.4) is 0 Å². The van der Waals surface area contributed by atoms with E-state index in [1.165, 1.54) is 25.7 Å². The minimum Gasteiger partial charge on any atom is -0.341 e. The molecule has 2 aromatic heterocycles. The van der Waals surface area contributed by atoms with Gasteiger partial charge >= 0.3 is 0 Å². The molecule has 0 spiro atoms. The lowest BCUT2D eigenvalue weighted by atomic mass is 10.1. The summed E-state index contributed by atoms with van der Waals surface area (Å²) in [6.07, 6.45) is 5.10. The number of aromatic nitrogens is 5. The van der Waals surface area contributed by atoms with Gasteiger partial charge in [0.1, 0.15) is 11.6 Å². The predicted molar refractivity (Wildman–Crippen MR) is 83.2 cm³/mol. The van der Waals surface area contributed by atoms with Crippen molar-refractivity contribution in [2.75, 3.05) is 0 Å². The number of fused-ring (bicyclic) bond motifs is 1. The van der Waals surface area contributed by atoms with Gasteiger partial charge in [-0.1, -0.05) is 36.7 Å². The molecule has 0 amide bonds. The van der Waals surface area contributed by atoms with Crippen molar-refractivity contribution in [1.82, 2.24) is 25.1 Å². The monoisotopic (exact) mass is 299 g/mol. The van der Waals surface area contributed by atoms with Crippen LogP contribution >= 0.6 is 11.8 Å². The van der Waals surface area contributed by atoms with Gasteiger partial charge in [0, 0.05) is 5.92 Å². The number of thioether (sulfide) groups is 1. The smallest absolute Gasteiger partial charge is 0.189 e. The highest BCUT2D eigenvalue weighted by atomic mass is 32.2. The Labute approximate surface area is 127 Å². The van der Waals surface area contributed by atoms with Crippen LogP contribution < -0.4 is 0 Å². The van der Waals surface area contributed by atoms with Gasteiger partial charge in [-0.15, -0.1) is 10.2 Å². The van der Waals surface area contributed by atoms with Crippen molar-refractivity contribution < 1.29 is 0 Å². The minimum atomic E-state index is 0.582. The van der Waals surface area contributed by atoms with Crippen LogP contribution in [-0.4, -0.2) is 25.1 Å². The van der Waals surface area contributed by atoms with Gasteiger partial charge in [-0.05, 0) is 25.0 Å². The maximum absolute atomic E-state index is 4.57. The van der Waals surface area contributed by atoms with E-state index < -0.39 is 0 Å². The first-order valence-electron chi connectivity index (χ1n) is 7.37. The number of imidazole rings is 1. The van der Waals surface area contributed by atoms with Crippen LogP contribution in [0.1, 0.15) is 43.3 Å². The minimum absolute atomic E-state index is 0.582. The fourth-order valence-corrected chi connectivity index (χ4v) is 3.60. The Hall–Kier alpha value is -1.82. The predicted octanol–water partition coefficient (Wildman–Crippen LogP) is 3.63. The maximum atomic E-state index is 4.57. The van der Waals surface area contributed by atoms with Crippen molar-refractivity contribution in [1.29, 1.82) is 0 Å². The Morgan fingerprint density at radius 3 is 2.81 bits per heavy atom. The number of rotatable bonds is 4. The normalized spacial score (nSPS) is 16.0. The zero-order valence-corrected chi connectivity index (χ0v) is 12.5. The van der Waals surface area contributed by atoms with Crippen molar-refractivity contribution in [2.24, 2.45) is 0 Å². The molecule has 1 aliphatic carbocycles. The molecule has 4 rings (SSSR count). The molecule has 2 N–H and O–H groups in total. The van der Waals surface area contributed by atoms with Gasteiger partial charge < -0.3 is 9.97 Å². The van der Waals surface area contributed by atoms with Crippen molar-refractivity contribution in [3.05, 3.63) is 35.9 Å². The van der Waals surface area contributed by atoms with E-state index in [2.05, 4.69) is 25.1 Å². The SMILES string of the molecule is c1ccc2[nH]c(CSc3nnc(C4CCCC4)[nH]3)nc2c1. The van der Waals surface area contributed by atoms with Gasteiger partial charge in [0.15, 0.2) is 5.16 Å². The average Bonchev–Trinajstić information content (AvgIpc) is 3.23. The summed E-state index contributed by atoms with van der Waals surface area (Å²) < 4.78 is 0. The molecule has 1 fully saturated rings. The number of nitrogens with zero attached hydrogens (tertiary/aromatic N) is 3. The average molecular weight is 299 g/mol. The highest BCUT2D eigenvalue weighted by molar-refractivity contribution is 7.98. The van der Waals surface area contributed by atoms with Crippen molar-refractivity contribution in [3.63, 3.8) is 0 Å². The molecule has 1 saturated carbocycles. The quantitative estimate of drug-likeness (QED) is 0.722. The van der Waals surface area contributed by atoms with Gasteiger partial charge in [0.25, 0.3) is 0 Å². The van der Waals surface area contributed by atoms with Crippen LogP contribution in [0, 0.1) is 0 Å². The molecular weight excluding hydrogens is 282 g/mol. The van der Waals surface area contributed by atoms with Crippen LogP contribution in [0.2, 0.25) is 0 Å². The second kappa shape index (κ2) is 5.52. The molecule has 2 heterocycles. The van der Waals surface area contributed by atoms with Crippen LogP contribution in [0.25, 0.3) is 11.0 Å². The summed E-state index contributed by atoms with van der Waals surface area (Å²) in [6, 6.07) is 8.09. The molecule has 3 aromatic rings. The van der Waals surface area contributed by atoms with Gasteiger partial charge in [-0.2, -0.15) is 0 Å². The molecule has 0 atom stereocenters. The fraction of sp³-hybridized carbons (Fsp3) is 0.400. The molecule has 108 valence electrons. The van der Waals surface area contributed by atoms with Gasteiger partial charge in [0.2, 0.25) is 0 Å². The third kappa shape index (κ3) is 2.68. The highest BCUT2D eigenvalue weighted by Gasteiger charge is 2.20. The third-order valence-electron chi connectivity index (χ3n) is 4.01. The van der Waals surface area contributed by atoms with Gasteiger partial charge in [-0.25, -0.2) is 4.98 Å². The number of hydrogen-bond donors (Lipinski definition) is 2. The molecule has 0 saturated heterocycles. The third-order valence-corrected chi connectivity index (χ3v) is 4.88. The Kier molecular flexibility index (Phi) is 3.39. The fourth-order valence-electron chi connectivity index (χ4n) is 2.92. The van der Waals surface area contributed by atoms with E-state index in [0.717, 1.165) is 33.6 Å². The summed E-state index contributed by atoms with van der Waals surface area (Å²) in [5.41, 5.74) is 2.09. The van der Waals surface area contributed by atoms with Crippen molar-refractivity contribution in [2.45, 2.75) is 42.5 Å². The molecule has 21 heavy (non-hydrogen) atoms. The summed E-state index contributed by atoms with van der Waals surface area (Å²) in [5, 5.41) is 9.43. The Bertz CT molecular complexity index is 708. The van der Waals surface area contributed by atoms with E-state index in [4.69, 9.17) is 0 Å². The van der Waals surface area contributed by atoms with Gasteiger partial charge in [0.05, 0.1) is 16.8 Å². The summed E-state index contributed by atoms with van der Waals surface area (Å²) in [4.78, 5) is 11.3. The first-order valence-corrected chi connectivity index (χ1v) is 8.36. The summed E-state index contributed by atoms with van der Waals surface area (Å²) in [6.45, 7) is 0. The zero-order chi connectivity index (χ0) is 14.1. The number of benzene rings is 1. The highest BCUT2D eigenvalue weighted by Crippen LogP contribution is 2.32. The maximum Gasteiger partial charge on any atom is 0.189 e. The molecule has 6 heteroatoms. The number of para-hydroxylation sites is 2. The van der Waals surface area contributed by atoms with Crippen LogP contribution in [0.4, 0.5) is 0 Å². The molecule has 5 nitrogen and oxygen atoms in total. The van der Waals surface area contributed by atoms with E-state index >= 15 is 0 Å². The van der Waals surface area contributed by atoms with E-state index in [1.54, 1.807) is 11.8 Å². The van der Waals surface area contributed by atoms with Crippen LogP contribution in [-0.2, 0) is 5.75 Å². The van der Waals surface area contributed by atoms with Crippen molar-refractivity contribution >= 4 is 22.8 Å². The lowest BCUT2D eigenvalue weighted by Gasteiger charge is -2.01. The zero-order valence-electron chi connectivity index (χ0n) is 11.7. The molecule has 0 radical (unpaired) electrons. The summed E-state index contributed by atoms with van der Waals surface area (Å²) in [5.74, 6) is 3.38. The summed E-state index contributed by atoms with van der Waals surface area (Å²) in [7, 11) is 0. The first kappa shape index (κ1) is 12.9. The van der Waals surface area contributed by atoms with E-state index in [-0.39, 0.29) is 0 Å². The molecule has 1 aromatic carbocycles. The Morgan fingerprint density at radius 1 is 1.10 bits per heavy atom. The molecule has 0 unspecified atom stereocenters. The Balaban J connectivity index is 1.44.